The standard InChI is InChI=1S/C12H22O10S.Na/c13-1-3-5(15)7(17)9(19)11(21-3)23-12-10(20)8(18)6(16)4(2-14)22-12;/h3-20H,1-2H2;/t3-,4-,5-,6-,7+,8+,9-,10-,11?,12?;/m1./s1. The van der Waals surface area contributed by atoms with Crippen LogP contribution >= 0.6 is 11.8 Å². The zero-order chi connectivity index (χ0) is 17.3. The Morgan fingerprint density at radius 3 is 1.21 bits per heavy atom. The number of hydrogen-bond acceptors (Lipinski definition) is 11. The molecule has 0 aliphatic carbocycles. The van der Waals surface area contributed by atoms with E-state index in [4.69, 9.17) is 19.7 Å². The van der Waals surface area contributed by atoms with Gasteiger partial charge in [-0.25, -0.2) is 0 Å². The maximum atomic E-state index is 9.94. The molecule has 137 valence electrons. The molecule has 2 heterocycles. The zero-order valence-corrected chi connectivity index (χ0v) is 15.8. The second-order valence-electron chi connectivity index (χ2n) is 5.53. The molecule has 2 saturated heterocycles. The van der Waals surface area contributed by atoms with E-state index in [0.717, 1.165) is 0 Å². The topological polar surface area (TPSA) is 180 Å². The average molecular weight is 381 g/mol. The molecule has 2 fully saturated rings. The Morgan fingerprint density at radius 1 is 0.583 bits per heavy atom. The van der Waals surface area contributed by atoms with Gasteiger partial charge in [0.25, 0.3) is 0 Å². The summed E-state index contributed by atoms with van der Waals surface area (Å²) in [6.45, 7) is -1.20. The van der Waals surface area contributed by atoms with Gasteiger partial charge in [-0.1, -0.05) is 11.8 Å². The number of hydrogen-bond donors (Lipinski definition) is 8. The molecule has 0 aromatic carbocycles. The summed E-state index contributed by atoms with van der Waals surface area (Å²) in [6, 6.07) is 0. The fourth-order valence-electron chi connectivity index (χ4n) is 2.49. The van der Waals surface area contributed by atoms with Gasteiger partial charge in [0.15, 0.2) is 0 Å². The summed E-state index contributed by atoms with van der Waals surface area (Å²) in [5, 5.41) is 77.0. The van der Waals surface area contributed by atoms with E-state index in [1.165, 1.54) is 0 Å². The van der Waals surface area contributed by atoms with Crippen LogP contribution in [0.4, 0.5) is 0 Å². The molecule has 2 aliphatic rings. The van der Waals surface area contributed by atoms with Crippen molar-refractivity contribution in [3.63, 3.8) is 0 Å². The minimum atomic E-state index is -1.58. The van der Waals surface area contributed by atoms with Gasteiger partial charge in [0.2, 0.25) is 0 Å². The minimum Gasteiger partial charge on any atom is -0.394 e. The third-order valence-electron chi connectivity index (χ3n) is 3.97. The van der Waals surface area contributed by atoms with Gasteiger partial charge >= 0.3 is 0 Å². The van der Waals surface area contributed by atoms with E-state index in [1.807, 2.05) is 0 Å². The van der Waals surface area contributed by atoms with Gasteiger partial charge in [0, 0.05) is 29.6 Å². The summed E-state index contributed by atoms with van der Waals surface area (Å²) in [6.07, 6.45) is -11.5. The first-order chi connectivity index (χ1) is 10.8. The fraction of sp³-hybridized carbons (Fsp3) is 1.00. The molecule has 10 atom stereocenters. The third-order valence-corrected chi connectivity index (χ3v) is 5.28. The molecule has 2 rings (SSSR count). The quantitative estimate of drug-likeness (QED) is 0.218. The van der Waals surface area contributed by atoms with Crippen LogP contribution in [0.2, 0.25) is 0 Å². The molecule has 1 radical (unpaired) electrons. The van der Waals surface area contributed by atoms with Crippen molar-refractivity contribution in [1.29, 1.82) is 0 Å². The molecule has 24 heavy (non-hydrogen) atoms. The van der Waals surface area contributed by atoms with Crippen LogP contribution < -0.4 is 0 Å². The Bertz CT molecular complexity index is 355. The van der Waals surface area contributed by atoms with E-state index in [-0.39, 0.29) is 29.6 Å². The summed E-state index contributed by atoms with van der Waals surface area (Å²) in [7, 11) is 0. The van der Waals surface area contributed by atoms with Crippen LogP contribution in [0.5, 0.6) is 0 Å². The van der Waals surface area contributed by atoms with Gasteiger partial charge in [-0.3, -0.25) is 0 Å². The molecule has 0 aromatic heterocycles. The Kier molecular flexibility index (Phi) is 9.35. The van der Waals surface area contributed by atoms with Crippen LogP contribution in [0.3, 0.4) is 0 Å². The van der Waals surface area contributed by atoms with Gasteiger partial charge in [-0.05, 0) is 0 Å². The number of ether oxygens (including phenoxy) is 2. The Labute approximate surface area is 164 Å². The van der Waals surface area contributed by atoms with Crippen LogP contribution in [-0.2, 0) is 9.47 Å². The molecule has 8 N–H and O–H groups in total. The Morgan fingerprint density at radius 2 is 0.917 bits per heavy atom. The van der Waals surface area contributed by atoms with Gasteiger partial charge in [-0.15, -0.1) is 0 Å². The zero-order valence-electron chi connectivity index (χ0n) is 13.0. The molecule has 0 amide bonds. The van der Waals surface area contributed by atoms with Gasteiger partial charge in [0.05, 0.1) is 13.2 Å². The molecule has 0 aromatic rings. The number of aliphatic hydroxyl groups excluding tert-OH is 8. The predicted molar refractivity (Wildman–Crippen MR) is 80.9 cm³/mol. The molecular formula is C12H22NaO10S. The molecule has 0 saturated carbocycles. The Balaban J connectivity index is 0.00000288. The average Bonchev–Trinajstić information content (AvgIpc) is 2.55. The van der Waals surface area contributed by atoms with Crippen molar-refractivity contribution in [3.8, 4) is 0 Å². The van der Waals surface area contributed by atoms with E-state index in [2.05, 4.69) is 0 Å². The second kappa shape index (κ2) is 9.76. The van der Waals surface area contributed by atoms with E-state index < -0.39 is 72.9 Å². The van der Waals surface area contributed by atoms with Gasteiger partial charge in [-0.2, -0.15) is 0 Å². The van der Waals surface area contributed by atoms with Crippen molar-refractivity contribution in [2.45, 2.75) is 59.7 Å². The van der Waals surface area contributed by atoms with E-state index in [9.17, 15) is 30.6 Å². The monoisotopic (exact) mass is 381 g/mol. The molecule has 2 unspecified atom stereocenters. The van der Waals surface area contributed by atoms with Crippen molar-refractivity contribution < 1.29 is 50.3 Å². The van der Waals surface area contributed by atoms with Gasteiger partial charge < -0.3 is 50.3 Å². The first kappa shape index (κ1) is 23.0. The first-order valence-electron chi connectivity index (χ1n) is 7.08. The third kappa shape index (κ3) is 4.61. The van der Waals surface area contributed by atoms with Crippen molar-refractivity contribution in [3.05, 3.63) is 0 Å². The maximum Gasteiger partial charge on any atom is 0.134 e. The molecule has 2 aliphatic heterocycles. The number of thioether (sulfide) groups is 1. The van der Waals surface area contributed by atoms with Crippen molar-refractivity contribution in [2.75, 3.05) is 13.2 Å². The van der Waals surface area contributed by atoms with Crippen molar-refractivity contribution >= 4 is 41.3 Å². The van der Waals surface area contributed by atoms with Gasteiger partial charge in [0.1, 0.15) is 59.7 Å². The molecule has 10 nitrogen and oxygen atoms in total. The minimum absolute atomic E-state index is 0. The maximum absolute atomic E-state index is 9.94. The summed E-state index contributed by atoms with van der Waals surface area (Å²) < 4.78 is 10.5. The van der Waals surface area contributed by atoms with E-state index in [1.54, 1.807) is 0 Å². The summed E-state index contributed by atoms with van der Waals surface area (Å²) >= 11 is 0.699. The van der Waals surface area contributed by atoms with Crippen molar-refractivity contribution in [2.24, 2.45) is 0 Å². The first-order valence-corrected chi connectivity index (χ1v) is 8.02. The number of aliphatic hydroxyl groups is 8. The van der Waals surface area contributed by atoms with Crippen molar-refractivity contribution in [1.82, 2.24) is 0 Å². The van der Waals surface area contributed by atoms with E-state index in [0.29, 0.717) is 11.8 Å². The molecule has 0 bridgehead atoms. The smallest absolute Gasteiger partial charge is 0.134 e. The van der Waals surface area contributed by atoms with Crippen LogP contribution in [0, 0.1) is 0 Å². The molecule has 0 spiro atoms. The van der Waals surface area contributed by atoms with Crippen LogP contribution in [-0.4, -0.2) is 143 Å². The normalized spacial score (nSPS) is 49.5. The predicted octanol–water partition coefficient (Wildman–Crippen LogP) is -5.06. The van der Waals surface area contributed by atoms with Crippen LogP contribution in [0.1, 0.15) is 0 Å². The molecular weight excluding hydrogens is 359 g/mol. The summed E-state index contributed by atoms with van der Waals surface area (Å²) in [4.78, 5) is 0. The number of rotatable bonds is 4. The molecule has 12 heteroatoms. The summed E-state index contributed by atoms with van der Waals surface area (Å²) in [5.41, 5.74) is -2.35. The second-order valence-corrected chi connectivity index (χ2v) is 6.73. The summed E-state index contributed by atoms with van der Waals surface area (Å²) in [5.74, 6) is 0. The van der Waals surface area contributed by atoms with E-state index >= 15 is 0 Å². The van der Waals surface area contributed by atoms with Crippen LogP contribution in [0.25, 0.3) is 0 Å². The largest absolute Gasteiger partial charge is 0.394 e. The Hall–Kier alpha value is 0.950. The van der Waals surface area contributed by atoms with Crippen LogP contribution in [0.15, 0.2) is 0 Å². The fourth-order valence-corrected chi connectivity index (χ4v) is 3.81. The SMILES string of the molecule is OC[C@H]1OC(SC2O[C@H](CO)[C@@H](O)[C@H](O)[C@H]2O)[C@H](O)[C@@H](O)[C@@H]1O.[Na].